The van der Waals surface area contributed by atoms with Crippen molar-refractivity contribution in [1.29, 1.82) is 0 Å². The van der Waals surface area contributed by atoms with Gasteiger partial charge in [0.05, 0.1) is 11.2 Å². The van der Waals surface area contributed by atoms with E-state index in [4.69, 9.17) is 14.0 Å². The predicted molar refractivity (Wildman–Crippen MR) is 117 cm³/mol. The highest BCUT2D eigenvalue weighted by molar-refractivity contribution is 6.62. The number of anilines is 1. The Kier molecular flexibility index (Phi) is 6.13. The van der Waals surface area contributed by atoms with E-state index in [1.165, 1.54) is 6.07 Å². The number of ether oxygens (including phenoxy) is 1. The number of halogens is 1. The van der Waals surface area contributed by atoms with Crippen LogP contribution >= 0.6 is 0 Å². The Morgan fingerprint density at radius 2 is 1.70 bits per heavy atom. The minimum atomic E-state index is -0.726. The van der Waals surface area contributed by atoms with Gasteiger partial charge in [-0.05, 0) is 67.0 Å². The van der Waals surface area contributed by atoms with E-state index in [9.17, 15) is 9.18 Å². The van der Waals surface area contributed by atoms with Gasteiger partial charge >= 0.3 is 13.2 Å². The maximum atomic E-state index is 15.0. The zero-order valence-electron chi connectivity index (χ0n) is 19.3. The van der Waals surface area contributed by atoms with Crippen molar-refractivity contribution < 1.29 is 23.2 Å². The van der Waals surface area contributed by atoms with Gasteiger partial charge in [-0.3, -0.25) is 0 Å². The highest BCUT2D eigenvalue weighted by atomic mass is 19.1. The second-order valence-corrected chi connectivity index (χ2v) is 10.1. The van der Waals surface area contributed by atoms with Gasteiger partial charge in [0.25, 0.3) is 0 Å². The van der Waals surface area contributed by atoms with E-state index in [-0.39, 0.29) is 11.9 Å². The fraction of sp³-hybridized carbons (Fsp3) is 0.682. The van der Waals surface area contributed by atoms with Gasteiger partial charge in [-0.15, -0.1) is 0 Å². The van der Waals surface area contributed by atoms with Crippen LogP contribution < -0.4 is 10.4 Å². The van der Waals surface area contributed by atoms with E-state index in [1.54, 1.807) is 11.0 Å². The van der Waals surface area contributed by atoms with Gasteiger partial charge in [0, 0.05) is 37.3 Å². The third kappa shape index (κ3) is 4.91. The molecule has 0 saturated carbocycles. The molecule has 30 heavy (non-hydrogen) atoms. The SMILES string of the molecule is CC(C)(C)OC(=O)N1CCCN(c2ccc(B3OC(C)(C)C(C)(C)O3)c(F)c2)CC1. The lowest BCUT2D eigenvalue weighted by molar-refractivity contribution is 0.00578. The smallest absolute Gasteiger partial charge is 0.444 e. The zero-order chi connectivity index (χ0) is 22.3. The minimum absolute atomic E-state index is 0.299. The molecule has 6 nitrogen and oxygen atoms in total. The van der Waals surface area contributed by atoms with Crippen LogP contribution in [0.25, 0.3) is 0 Å². The van der Waals surface area contributed by atoms with E-state index in [0.717, 1.165) is 18.7 Å². The molecule has 2 aliphatic heterocycles. The molecule has 1 aromatic carbocycles. The molecule has 0 atom stereocenters. The Morgan fingerprint density at radius 1 is 1.07 bits per heavy atom. The summed E-state index contributed by atoms with van der Waals surface area (Å²) in [4.78, 5) is 16.2. The average molecular weight is 420 g/mol. The van der Waals surface area contributed by atoms with E-state index < -0.39 is 23.9 Å². The monoisotopic (exact) mass is 420 g/mol. The molecule has 0 spiro atoms. The maximum absolute atomic E-state index is 15.0. The van der Waals surface area contributed by atoms with Crippen LogP contribution in [0.2, 0.25) is 0 Å². The topological polar surface area (TPSA) is 51.2 Å². The number of hydrogen-bond donors (Lipinski definition) is 0. The van der Waals surface area contributed by atoms with Crippen molar-refractivity contribution in [3.05, 3.63) is 24.0 Å². The Hall–Kier alpha value is -1.80. The van der Waals surface area contributed by atoms with E-state index >= 15 is 0 Å². The summed E-state index contributed by atoms with van der Waals surface area (Å²) in [7, 11) is -0.726. The van der Waals surface area contributed by atoms with Gasteiger partial charge in [0.15, 0.2) is 0 Å². The fourth-order valence-electron chi connectivity index (χ4n) is 3.56. The summed E-state index contributed by atoms with van der Waals surface area (Å²) in [5, 5.41) is 0. The Balaban J connectivity index is 1.68. The lowest BCUT2D eigenvalue weighted by atomic mass is 9.78. The Labute approximate surface area is 179 Å². The molecule has 2 aliphatic rings. The third-order valence-electron chi connectivity index (χ3n) is 6.00. The van der Waals surface area contributed by atoms with Gasteiger partial charge in [-0.1, -0.05) is 6.07 Å². The fourth-order valence-corrected chi connectivity index (χ4v) is 3.56. The Bertz CT molecular complexity index is 778. The van der Waals surface area contributed by atoms with Crippen molar-refractivity contribution in [2.75, 3.05) is 31.1 Å². The van der Waals surface area contributed by atoms with Gasteiger partial charge in [0.1, 0.15) is 11.4 Å². The van der Waals surface area contributed by atoms with Gasteiger partial charge in [-0.25, -0.2) is 9.18 Å². The molecule has 0 N–H and O–H groups in total. The minimum Gasteiger partial charge on any atom is -0.444 e. The highest BCUT2D eigenvalue weighted by Gasteiger charge is 2.52. The quantitative estimate of drug-likeness (QED) is 0.685. The van der Waals surface area contributed by atoms with Crippen molar-refractivity contribution >= 4 is 24.4 Å². The molecule has 2 fully saturated rings. The average Bonchev–Trinajstić information content (AvgIpc) is 2.77. The summed E-state index contributed by atoms with van der Waals surface area (Å²) in [5.74, 6) is -0.348. The predicted octanol–water partition coefficient (Wildman–Crippen LogP) is 3.57. The van der Waals surface area contributed by atoms with Crippen LogP contribution in [-0.2, 0) is 14.0 Å². The normalized spacial score (nSPS) is 21.5. The van der Waals surface area contributed by atoms with Crippen LogP contribution in [0.15, 0.2) is 18.2 Å². The van der Waals surface area contributed by atoms with Gasteiger partial charge < -0.3 is 23.8 Å². The van der Waals surface area contributed by atoms with Crippen molar-refractivity contribution in [2.45, 2.75) is 71.7 Å². The van der Waals surface area contributed by atoms with Crippen LogP contribution in [0.4, 0.5) is 14.9 Å². The van der Waals surface area contributed by atoms with Crippen LogP contribution in [0.5, 0.6) is 0 Å². The molecule has 0 unspecified atom stereocenters. The third-order valence-corrected chi connectivity index (χ3v) is 6.00. The zero-order valence-corrected chi connectivity index (χ0v) is 19.3. The van der Waals surface area contributed by atoms with Crippen molar-refractivity contribution in [2.24, 2.45) is 0 Å². The largest absolute Gasteiger partial charge is 0.497 e. The number of nitrogens with zero attached hydrogens (tertiary/aromatic N) is 2. The summed E-state index contributed by atoms with van der Waals surface area (Å²) >= 11 is 0. The highest BCUT2D eigenvalue weighted by Crippen LogP contribution is 2.36. The first-order valence-electron chi connectivity index (χ1n) is 10.7. The summed E-state index contributed by atoms with van der Waals surface area (Å²) in [6, 6.07) is 5.17. The van der Waals surface area contributed by atoms with Crippen LogP contribution in [0, 0.1) is 5.82 Å². The second kappa shape index (κ2) is 8.04. The number of hydrogen-bond acceptors (Lipinski definition) is 5. The lowest BCUT2D eigenvalue weighted by Gasteiger charge is -2.32. The lowest BCUT2D eigenvalue weighted by Crippen LogP contribution is -2.41. The summed E-state index contributed by atoms with van der Waals surface area (Å²) in [6.07, 6.45) is 0.492. The van der Waals surface area contributed by atoms with E-state index in [2.05, 4.69) is 4.90 Å². The molecular formula is C22H34BFN2O4. The molecule has 0 aliphatic carbocycles. The summed E-state index contributed by atoms with van der Waals surface area (Å²) in [5.41, 5.74) is -0.353. The molecule has 1 aromatic rings. The van der Waals surface area contributed by atoms with Crippen molar-refractivity contribution in [3.63, 3.8) is 0 Å². The molecule has 2 heterocycles. The maximum Gasteiger partial charge on any atom is 0.497 e. The molecule has 3 rings (SSSR count). The Morgan fingerprint density at radius 3 is 2.27 bits per heavy atom. The molecular weight excluding hydrogens is 386 g/mol. The van der Waals surface area contributed by atoms with E-state index in [1.807, 2.05) is 54.5 Å². The first-order chi connectivity index (χ1) is 13.8. The molecule has 0 radical (unpaired) electrons. The number of carbonyl (C=O) groups is 1. The molecule has 0 bridgehead atoms. The van der Waals surface area contributed by atoms with Gasteiger partial charge in [0.2, 0.25) is 0 Å². The molecule has 1 amide bonds. The summed E-state index contributed by atoms with van der Waals surface area (Å²) in [6.45, 7) is 15.9. The van der Waals surface area contributed by atoms with Crippen molar-refractivity contribution in [1.82, 2.24) is 4.90 Å². The molecule has 8 heteroatoms. The molecule has 2 saturated heterocycles. The first kappa shape index (κ1) is 22.9. The molecule has 0 aromatic heterocycles. The second-order valence-electron chi connectivity index (χ2n) is 10.1. The van der Waals surface area contributed by atoms with Gasteiger partial charge in [-0.2, -0.15) is 0 Å². The number of rotatable bonds is 2. The standard InChI is InChI=1S/C22H34BFN2O4/c1-20(2,3)28-19(27)26-12-8-11-25(13-14-26)16-9-10-17(18(24)15-16)23-29-21(4,5)22(6,7)30-23/h9-10,15H,8,11-14H2,1-7H3. The first-order valence-corrected chi connectivity index (χ1v) is 10.7. The van der Waals surface area contributed by atoms with Crippen LogP contribution in [0.1, 0.15) is 54.9 Å². The van der Waals surface area contributed by atoms with Crippen LogP contribution in [-0.4, -0.2) is 61.1 Å². The van der Waals surface area contributed by atoms with E-state index in [0.29, 0.717) is 25.1 Å². The number of amides is 1. The molecule has 166 valence electrons. The number of benzene rings is 1. The summed E-state index contributed by atoms with van der Waals surface area (Å²) < 4.78 is 32.4. The van der Waals surface area contributed by atoms with Crippen LogP contribution in [0.3, 0.4) is 0 Å². The van der Waals surface area contributed by atoms with Crippen molar-refractivity contribution in [3.8, 4) is 0 Å². The number of carbonyl (C=O) groups excluding carboxylic acids is 1.